The molecule has 1 N–H and O–H groups in total. The fraction of sp³-hybridized carbons (Fsp3) is 0.417. The number of rotatable bonds is 6. The molecule has 0 radical (unpaired) electrons. The van der Waals surface area contributed by atoms with Crippen molar-refractivity contribution in [3.05, 3.63) is 30.3 Å². The standard InChI is InChI=1S/C12H17NO4S/c1-3-7-11(12(14)15)18(16,17)13(2)10-8-5-4-6-9-10/h4-6,8-9,11H,3,7H2,1-2H3,(H,14,15). The Bertz CT molecular complexity index is 498. The highest BCUT2D eigenvalue weighted by Crippen LogP contribution is 2.20. The maximum atomic E-state index is 12.2. The number of aliphatic carboxylic acids is 1. The third-order valence-electron chi connectivity index (χ3n) is 2.69. The summed E-state index contributed by atoms with van der Waals surface area (Å²) in [6, 6.07) is 8.43. The highest BCUT2D eigenvalue weighted by Gasteiger charge is 2.35. The van der Waals surface area contributed by atoms with Gasteiger partial charge in [0, 0.05) is 7.05 Å². The van der Waals surface area contributed by atoms with Crippen LogP contribution in [0.15, 0.2) is 30.3 Å². The lowest BCUT2D eigenvalue weighted by molar-refractivity contribution is -0.136. The topological polar surface area (TPSA) is 74.7 Å². The van der Waals surface area contributed by atoms with E-state index in [-0.39, 0.29) is 6.42 Å². The van der Waals surface area contributed by atoms with E-state index in [2.05, 4.69) is 0 Å². The molecule has 0 spiro atoms. The lowest BCUT2D eigenvalue weighted by Gasteiger charge is -2.23. The molecule has 5 nitrogen and oxygen atoms in total. The predicted octanol–water partition coefficient (Wildman–Crippen LogP) is 1.71. The van der Waals surface area contributed by atoms with Crippen molar-refractivity contribution in [2.24, 2.45) is 0 Å². The Morgan fingerprint density at radius 3 is 2.33 bits per heavy atom. The SMILES string of the molecule is CCCC(C(=O)O)S(=O)(=O)N(C)c1ccccc1. The number of carboxylic acids is 1. The Kier molecular flexibility index (Phi) is 4.72. The molecule has 1 aromatic rings. The van der Waals surface area contributed by atoms with E-state index in [0.29, 0.717) is 12.1 Å². The van der Waals surface area contributed by atoms with Gasteiger partial charge in [0.05, 0.1) is 5.69 Å². The normalized spacial score (nSPS) is 13.0. The molecule has 100 valence electrons. The fourth-order valence-corrected chi connectivity index (χ4v) is 3.22. The second kappa shape index (κ2) is 5.86. The maximum absolute atomic E-state index is 12.2. The summed E-state index contributed by atoms with van der Waals surface area (Å²) in [5.74, 6) is -1.31. The summed E-state index contributed by atoms with van der Waals surface area (Å²) < 4.78 is 25.4. The third-order valence-corrected chi connectivity index (χ3v) is 4.82. The van der Waals surface area contributed by atoms with Crippen LogP contribution in [0.2, 0.25) is 0 Å². The first-order valence-corrected chi connectivity index (χ1v) is 7.17. The van der Waals surface area contributed by atoms with E-state index >= 15 is 0 Å². The van der Waals surface area contributed by atoms with Crippen molar-refractivity contribution in [1.29, 1.82) is 0 Å². The second-order valence-electron chi connectivity index (χ2n) is 3.96. The number of carboxylic acid groups (broad SMARTS) is 1. The van der Waals surface area contributed by atoms with Crippen molar-refractivity contribution < 1.29 is 18.3 Å². The number of carbonyl (C=O) groups is 1. The quantitative estimate of drug-likeness (QED) is 0.854. The molecule has 0 aliphatic rings. The molecule has 0 saturated heterocycles. The van der Waals surface area contributed by atoms with Crippen molar-refractivity contribution in [2.45, 2.75) is 25.0 Å². The van der Waals surface area contributed by atoms with E-state index in [9.17, 15) is 13.2 Å². The molecule has 1 atom stereocenters. The number of anilines is 1. The monoisotopic (exact) mass is 271 g/mol. The van der Waals surface area contributed by atoms with Crippen molar-refractivity contribution in [1.82, 2.24) is 0 Å². The van der Waals surface area contributed by atoms with Gasteiger partial charge in [0.1, 0.15) is 0 Å². The van der Waals surface area contributed by atoms with Crippen LogP contribution in [-0.2, 0) is 14.8 Å². The van der Waals surface area contributed by atoms with Gasteiger partial charge in [-0.1, -0.05) is 31.5 Å². The van der Waals surface area contributed by atoms with E-state index in [1.54, 1.807) is 37.3 Å². The van der Waals surface area contributed by atoms with E-state index < -0.39 is 21.2 Å². The Labute approximate surface area is 107 Å². The number of sulfonamides is 1. The molecular formula is C12H17NO4S. The van der Waals surface area contributed by atoms with Crippen LogP contribution in [0.1, 0.15) is 19.8 Å². The smallest absolute Gasteiger partial charge is 0.323 e. The van der Waals surface area contributed by atoms with Gasteiger partial charge in [0.2, 0.25) is 10.0 Å². The predicted molar refractivity (Wildman–Crippen MR) is 70.1 cm³/mol. The lowest BCUT2D eigenvalue weighted by Crippen LogP contribution is -2.40. The van der Waals surface area contributed by atoms with Gasteiger partial charge in [-0.05, 0) is 18.6 Å². The molecule has 18 heavy (non-hydrogen) atoms. The van der Waals surface area contributed by atoms with Gasteiger partial charge in [0.15, 0.2) is 5.25 Å². The average molecular weight is 271 g/mol. The molecule has 0 aliphatic heterocycles. The summed E-state index contributed by atoms with van der Waals surface area (Å²) in [6.45, 7) is 1.76. The number of para-hydroxylation sites is 1. The summed E-state index contributed by atoms with van der Waals surface area (Å²) in [7, 11) is -2.51. The van der Waals surface area contributed by atoms with Crippen molar-refractivity contribution >= 4 is 21.7 Å². The maximum Gasteiger partial charge on any atom is 0.323 e. The van der Waals surface area contributed by atoms with Crippen molar-refractivity contribution in [2.75, 3.05) is 11.4 Å². The molecule has 0 heterocycles. The van der Waals surface area contributed by atoms with Gasteiger partial charge >= 0.3 is 5.97 Å². The molecule has 0 saturated carbocycles. The van der Waals surface area contributed by atoms with Gasteiger partial charge < -0.3 is 5.11 Å². The van der Waals surface area contributed by atoms with E-state index in [0.717, 1.165) is 4.31 Å². The molecule has 1 unspecified atom stereocenters. The van der Waals surface area contributed by atoms with Crippen LogP contribution in [0.4, 0.5) is 5.69 Å². The van der Waals surface area contributed by atoms with Crippen LogP contribution in [-0.4, -0.2) is 31.8 Å². The van der Waals surface area contributed by atoms with Crippen LogP contribution >= 0.6 is 0 Å². The minimum Gasteiger partial charge on any atom is -0.480 e. The van der Waals surface area contributed by atoms with Gasteiger partial charge in [-0.15, -0.1) is 0 Å². The summed E-state index contributed by atoms with van der Waals surface area (Å²) in [5, 5.41) is 7.63. The molecule has 1 aromatic carbocycles. The second-order valence-corrected chi connectivity index (χ2v) is 6.11. The molecule has 1 rings (SSSR count). The zero-order chi connectivity index (χ0) is 13.8. The number of benzene rings is 1. The number of nitrogens with zero attached hydrogens (tertiary/aromatic N) is 1. The van der Waals surface area contributed by atoms with Crippen LogP contribution in [0.3, 0.4) is 0 Å². The Balaban J connectivity index is 3.09. The van der Waals surface area contributed by atoms with Crippen LogP contribution in [0.5, 0.6) is 0 Å². The van der Waals surface area contributed by atoms with E-state index in [1.807, 2.05) is 0 Å². The molecule has 0 aliphatic carbocycles. The first-order chi connectivity index (χ1) is 8.41. The Morgan fingerprint density at radius 1 is 1.33 bits per heavy atom. The highest BCUT2D eigenvalue weighted by atomic mass is 32.2. The van der Waals surface area contributed by atoms with Gasteiger partial charge in [-0.2, -0.15) is 0 Å². The van der Waals surface area contributed by atoms with Gasteiger partial charge in [-0.25, -0.2) is 8.42 Å². The zero-order valence-electron chi connectivity index (χ0n) is 10.4. The first kappa shape index (κ1) is 14.5. The Hall–Kier alpha value is -1.56. The number of hydrogen-bond donors (Lipinski definition) is 1. The van der Waals surface area contributed by atoms with Gasteiger partial charge in [0.25, 0.3) is 0 Å². The van der Waals surface area contributed by atoms with Crippen LogP contribution in [0.25, 0.3) is 0 Å². The third kappa shape index (κ3) is 3.01. The van der Waals surface area contributed by atoms with Crippen LogP contribution < -0.4 is 4.31 Å². The summed E-state index contributed by atoms with van der Waals surface area (Å²) in [6.07, 6.45) is 0.605. The minimum absolute atomic E-state index is 0.106. The summed E-state index contributed by atoms with van der Waals surface area (Å²) >= 11 is 0. The number of hydrogen-bond acceptors (Lipinski definition) is 3. The zero-order valence-corrected chi connectivity index (χ0v) is 11.2. The molecule has 0 amide bonds. The highest BCUT2D eigenvalue weighted by molar-refractivity contribution is 7.94. The van der Waals surface area contributed by atoms with E-state index in [1.165, 1.54) is 7.05 Å². The largest absolute Gasteiger partial charge is 0.480 e. The minimum atomic E-state index is -3.88. The fourth-order valence-electron chi connectivity index (χ4n) is 1.64. The van der Waals surface area contributed by atoms with Gasteiger partial charge in [-0.3, -0.25) is 9.10 Å². The summed E-state index contributed by atoms with van der Waals surface area (Å²) in [4.78, 5) is 11.1. The molecule has 0 bridgehead atoms. The van der Waals surface area contributed by atoms with Crippen molar-refractivity contribution in [3.8, 4) is 0 Å². The first-order valence-electron chi connectivity index (χ1n) is 5.66. The lowest BCUT2D eigenvalue weighted by atomic mass is 10.2. The molecule has 6 heteroatoms. The van der Waals surface area contributed by atoms with Crippen LogP contribution in [0, 0.1) is 0 Å². The van der Waals surface area contributed by atoms with Crippen molar-refractivity contribution in [3.63, 3.8) is 0 Å². The summed E-state index contributed by atoms with van der Waals surface area (Å²) in [5.41, 5.74) is 0.458. The molecule has 0 aromatic heterocycles. The molecule has 0 fully saturated rings. The Morgan fingerprint density at radius 2 is 1.89 bits per heavy atom. The average Bonchev–Trinajstić information content (AvgIpc) is 2.35. The van der Waals surface area contributed by atoms with E-state index in [4.69, 9.17) is 5.11 Å². The molecular weight excluding hydrogens is 254 g/mol.